The first-order chi connectivity index (χ1) is 7.68. The van der Waals surface area contributed by atoms with Crippen LogP contribution >= 0.6 is 0 Å². The number of piperidine rings is 1. The molecule has 0 aromatic heterocycles. The Morgan fingerprint density at radius 2 is 2.00 bits per heavy atom. The first-order valence-electron chi connectivity index (χ1n) is 5.45. The molecule has 0 aliphatic carbocycles. The summed E-state index contributed by atoms with van der Waals surface area (Å²) < 4.78 is 4.72. The summed E-state index contributed by atoms with van der Waals surface area (Å²) in [6.45, 7) is 4.74. The van der Waals surface area contributed by atoms with Gasteiger partial charge in [0.05, 0.1) is 6.54 Å². The van der Waals surface area contributed by atoms with E-state index in [4.69, 9.17) is 4.74 Å². The fraction of sp³-hybridized carbons (Fsp3) is 0.700. The lowest BCUT2D eigenvalue weighted by Crippen LogP contribution is -2.52. The molecule has 1 unspecified atom stereocenters. The van der Waals surface area contributed by atoms with E-state index >= 15 is 0 Å². The minimum atomic E-state index is -0.539. The van der Waals surface area contributed by atoms with E-state index in [2.05, 4.69) is 5.32 Å². The maximum Gasteiger partial charge on any atom is 0.410 e. The van der Waals surface area contributed by atoms with Crippen LogP contribution < -0.4 is 5.32 Å². The Hall–Kier alpha value is -1.59. The smallest absolute Gasteiger partial charge is 0.410 e. The normalized spacial score (nSPS) is 24.5. The number of amides is 3. The number of rotatable bonds is 1. The average Bonchev–Trinajstić information content (AvgIpc) is 2.68. The molecule has 2 heterocycles. The second-order valence-electron chi connectivity index (χ2n) is 3.27. The SMILES string of the molecule is CC.O=C1CCC(N2CCOC2=O)C(=O)N1. The van der Waals surface area contributed by atoms with Gasteiger partial charge in [0.1, 0.15) is 12.6 Å². The number of carbonyl (C=O) groups excluding carboxylic acids is 3. The highest BCUT2D eigenvalue weighted by molar-refractivity contribution is 6.01. The molecule has 1 N–H and O–H groups in total. The zero-order valence-electron chi connectivity index (χ0n) is 9.49. The number of hydrogen-bond acceptors (Lipinski definition) is 4. The third-order valence-electron chi connectivity index (χ3n) is 2.38. The number of nitrogens with zero attached hydrogens (tertiary/aromatic N) is 1. The lowest BCUT2D eigenvalue weighted by Gasteiger charge is -2.27. The molecule has 0 spiro atoms. The van der Waals surface area contributed by atoms with Crippen molar-refractivity contribution in [3.8, 4) is 0 Å². The van der Waals surface area contributed by atoms with Gasteiger partial charge in [-0.05, 0) is 6.42 Å². The van der Waals surface area contributed by atoms with Gasteiger partial charge in [0.15, 0.2) is 0 Å². The zero-order chi connectivity index (χ0) is 12.1. The monoisotopic (exact) mass is 228 g/mol. The van der Waals surface area contributed by atoms with Gasteiger partial charge in [0.25, 0.3) is 0 Å². The molecule has 2 saturated heterocycles. The summed E-state index contributed by atoms with van der Waals surface area (Å²) >= 11 is 0. The van der Waals surface area contributed by atoms with Gasteiger partial charge >= 0.3 is 6.09 Å². The van der Waals surface area contributed by atoms with Gasteiger partial charge in [0.2, 0.25) is 11.8 Å². The van der Waals surface area contributed by atoms with Gasteiger partial charge < -0.3 is 4.74 Å². The van der Waals surface area contributed by atoms with Gasteiger partial charge in [-0.2, -0.15) is 0 Å². The van der Waals surface area contributed by atoms with Crippen LogP contribution in [0.25, 0.3) is 0 Å². The maximum absolute atomic E-state index is 11.4. The van der Waals surface area contributed by atoms with Gasteiger partial charge in [-0.3, -0.25) is 19.8 Å². The molecule has 0 radical (unpaired) electrons. The largest absolute Gasteiger partial charge is 0.448 e. The molecular formula is C10H16N2O4. The summed E-state index contributed by atoms with van der Waals surface area (Å²) in [5.74, 6) is -0.682. The molecule has 0 bridgehead atoms. The molecule has 0 aromatic carbocycles. The van der Waals surface area contributed by atoms with Crippen molar-refractivity contribution < 1.29 is 19.1 Å². The lowest BCUT2D eigenvalue weighted by atomic mass is 10.1. The zero-order valence-corrected chi connectivity index (χ0v) is 9.49. The Morgan fingerprint density at radius 1 is 1.31 bits per heavy atom. The van der Waals surface area contributed by atoms with Crippen LogP contribution in [0.5, 0.6) is 0 Å². The molecule has 0 aromatic rings. The molecule has 90 valence electrons. The first kappa shape index (κ1) is 12.5. The number of cyclic esters (lactones) is 1. The van der Waals surface area contributed by atoms with E-state index < -0.39 is 18.0 Å². The molecule has 16 heavy (non-hydrogen) atoms. The average molecular weight is 228 g/mol. The van der Waals surface area contributed by atoms with Gasteiger partial charge in [-0.1, -0.05) is 13.8 Å². The predicted octanol–water partition coefficient (Wildman–Crippen LogP) is 0.270. The standard InChI is InChI=1S/C8H10N2O4.C2H6/c11-6-2-1-5(7(12)9-6)10-3-4-14-8(10)13;1-2/h5H,1-4H2,(H,9,11,12);1-2H3. The molecule has 6 heteroatoms. The number of nitrogens with one attached hydrogen (secondary N) is 1. The second kappa shape index (κ2) is 5.48. The van der Waals surface area contributed by atoms with E-state index in [1.807, 2.05) is 13.8 Å². The van der Waals surface area contributed by atoms with Crippen LogP contribution in [0.2, 0.25) is 0 Å². The third-order valence-corrected chi connectivity index (χ3v) is 2.38. The molecular weight excluding hydrogens is 212 g/mol. The number of ether oxygens (including phenoxy) is 1. The predicted molar refractivity (Wildman–Crippen MR) is 55.6 cm³/mol. The van der Waals surface area contributed by atoms with Crippen LogP contribution in [0.3, 0.4) is 0 Å². The van der Waals surface area contributed by atoms with E-state index in [1.54, 1.807) is 0 Å². The summed E-state index contributed by atoms with van der Waals surface area (Å²) in [7, 11) is 0. The van der Waals surface area contributed by atoms with Crippen LogP contribution in [-0.2, 0) is 14.3 Å². The summed E-state index contributed by atoms with van der Waals surface area (Å²) in [6, 6.07) is -0.539. The third kappa shape index (κ3) is 2.50. The molecule has 2 aliphatic heterocycles. The van der Waals surface area contributed by atoms with Crippen molar-refractivity contribution in [2.24, 2.45) is 0 Å². The Labute approximate surface area is 93.9 Å². The van der Waals surface area contributed by atoms with Crippen LogP contribution in [-0.4, -0.2) is 42.0 Å². The number of carbonyl (C=O) groups is 3. The number of imide groups is 1. The maximum atomic E-state index is 11.4. The minimum absolute atomic E-state index is 0.278. The Bertz CT molecular complexity index is 303. The topological polar surface area (TPSA) is 75.7 Å². The highest BCUT2D eigenvalue weighted by Crippen LogP contribution is 2.16. The van der Waals surface area contributed by atoms with E-state index in [9.17, 15) is 14.4 Å². The first-order valence-corrected chi connectivity index (χ1v) is 5.45. The molecule has 6 nitrogen and oxygen atoms in total. The molecule has 2 fully saturated rings. The molecule has 1 atom stereocenters. The summed E-state index contributed by atoms with van der Waals surface area (Å²) in [5, 5.41) is 2.20. The van der Waals surface area contributed by atoms with Gasteiger partial charge in [-0.25, -0.2) is 4.79 Å². The van der Waals surface area contributed by atoms with Crippen molar-refractivity contribution in [2.75, 3.05) is 13.2 Å². The summed E-state index contributed by atoms with van der Waals surface area (Å²) in [5.41, 5.74) is 0. The van der Waals surface area contributed by atoms with Crippen LogP contribution in [0.4, 0.5) is 4.79 Å². The Kier molecular flexibility index (Phi) is 4.28. The lowest BCUT2D eigenvalue weighted by molar-refractivity contribution is -0.136. The number of hydrogen-bond donors (Lipinski definition) is 1. The van der Waals surface area contributed by atoms with E-state index in [1.165, 1.54) is 4.90 Å². The van der Waals surface area contributed by atoms with Crippen LogP contribution in [0.1, 0.15) is 26.7 Å². The van der Waals surface area contributed by atoms with E-state index in [0.717, 1.165) is 0 Å². The van der Waals surface area contributed by atoms with Crippen molar-refractivity contribution in [1.29, 1.82) is 0 Å². The van der Waals surface area contributed by atoms with Crippen molar-refractivity contribution in [3.63, 3.8) is 0 Å². The van der Waals surface area contributed by atoms with Crippen molar-refractivity contribution >= 4 is 17.9 Å². The molecule has 2 aliphatic rings. The Morgan fingerprint density at radius 3 is 2.50 bits per heavy atom. The molecule has 3 amide bonds. The van der Waals surface area contributed by atoms with Crippen LogP contribution in [0, 0.1) is 0 Å². The van der Waals surface area contributed by atoms with Crippen molar-refractivity contribution in [1.82, 2.24) is 10.2 Å². The molecule has 0 saturated carbocycles. The quantitative estimate of drug-likeness (QED) is 0.654. The van der Waals surface area contributed by atoms with Gasteiger partial charge in [0, 0.05) is 6.42 Å². The van der Waals surface area contributed by atoms with E-state index in [-0.39, 0.29) is 12.3 Å². The summed E-state index contributed by atoms with van der Waals surface area (Å²) in [4.78, 5) is 34.7. The van der Waals surface area contributed by atoms with Crippen molar-refractivity contribution in [2.45, 2.75) is 32.7 Å². The summed E-state index contributed by atoms with van der Waals surface area (Å²) in [6.07, 6.45) is 0.194. The van der Waals surface area contributed by atoms with E-state index in [0.29, 0.717) is 19.6 Å². The van der Waals surface area contributed by atoms with Crippen molar-refractivity contribution in [3.05, 3.63) is 0 Å². The fourth-order valence-corrected chi connectivity index (χ4v) is 1.67. The minimum Gasteiger partial charge on any atom is -0.448 e. The highest BCUT2D eigenvalue weighted by Gasteiger charge is 2.37. The molecule has 2 rings (SSSR count). The Balaban J connectivity index is 0.000000606. The fourth-order valence-electron chi connectivity index (χ4n) is 1.67. The highest BCUT2D eigenvalue weighted by atomic mass is 16.6. The van der Waals surface area contributed by atoms with Gasteiger partial charge in [-0.15, -0.1) is 0 Å². The van der Waals surface area contributed by atoms with Crippen LogP contribution in [0.15, 0.2) is 0 Å². The second-order valence-corrected chi connectivity index (χ2v) is 3.27.